The Morgan fingerprint density at radius 1 is 0.395 bits per heavy atom. The average molecular weight is 486 g/mol. The van der Waals surface area contributed by atoms with E-state index < -0.39 is 0 Å². The lowest BCUT2D eigenvalue weighted by Crippen LogP contribution is -2.10. The van der Waals surface area contributed by atoms with Crippen molar-refractivity contribution in [2.24, 2.45) is 0 Å². The number of hydrogen-bond acceptors (Lipinski definition) is 2. The van der Waals surface area contributed by atoms with Crippen molar-refractivity contribution in [3.8, 4) is 0 Å². The SMILES string of the molecule is c1ccc(N(c2cccc3c2ccc2ccc4ccccc4c23)c2cccc3c2oc2ccccc23)cc1. The number of hydrogen-bond donors (Lipinski definition) is 0. The van der Waals surface area contributed by atoms with E-state index in [4.69, 9.17) is 4.42 Å². The summed E-state index contributed by atoms with van der Waals surface area (Å²) in [5.41, 5.74) is 5.03. The summed E-state index contributed by atoms with van der Waals surface area (Å²) >= 11 is 0. The first-order valence-corrected chi connectivity index (χ1v) is 13.0. The standard InChI is InChI=1S/C36H23NO/c1-2-11-26(12-3-1)37(33-18-9-16-31-29-14-6-7-19-34(29)38-36(31)33)32-17-8-15-30-28(32)23-22-25-21-20-24-10-4-5-13-27(24)35(25)30/h1-23H. The maximum atomic E-state index is 6.51. The van der Waals surface area contributed by atoms with Gasteiger partial charge in [0.1, 0.15) is 5.58 Å². The van der Waals surface area contributed by atoms with Crippen LogP contribution in [0.25, 0.3) is 54.3 Å². The molecule has 0 fully saturated rings. The van der Waals surface area contributed by atoms with Gasteiger partial charge in [-0.3, -0.25) is 0 Å². The van der Waals surface area contributed by atoms with Crippen LogP contribution in [-0.4, -0.2) is 0 Å². The molecule has 0 amide bonds. The third-order valence-corrected chi connectivity index (χ3v) is 7.62. The molecule has 7 aromatic carbocycles. The van der Waals surface area contributed by atoms with Crippen molar-refractivity contribution in [1.29, 1.82) is 0 Å². The Balaban J connectivity index is 1.48. The van der Waals surface area contributed by atoms with Gasteiger partial charge < -0.3 is 9.32 Å². The summed E-state index contributed by atoms with van der Waals surface area (Å²) < 4.78 is 6.51. The number of rotatable bonds is 3. The van der Waals surface area contributed by atoms with Gasteiger partial charge in [0.05, 0.1) is 11.4 Å². The maximum Gasteiger partial charge on any atom is 0.159 e. The van der Waals surface area contributed by atoms with E-state index >= 15 is 0 Å². The Labute approximate surface area is 220 Å². The van der Waals surface area contributed by atoms with Gasteiger partial charge in [0.15, 0.2) is 5.58 Å². The van der Waals surface area contributed by atoms with Crippen LogP contribution in [0.1, 0.15) is 0 Å². The number of anilines is 3. The van der Waals surface area contributed by atoms with Crippen LogP contribution >= 0.6 is 0 Å². The molecule has 178 valence electrons. The van der Waals surface area contributed by atoms with Crippen molar-refractivity contribution < 1.29 is 4.42 Å². The topological polar surface area (TPSA) is 16.4 Å². The molecule has 8 rings (SSSR count). The molecular formula is C36H23NO. The molecule has 1 heterocycles. The van der Waals surface area contributed by atoms with E-state index in [0.717, 1.165) is 39.0 Å². The first-order valence-electron chi connectivity index (χ1n) is 13.0. The first-order chi connectivity index (χ1) is 18.9. The highest BCUT2D eigenvalue weighted by Crippen LogP contribution is 2.45. The molecule has 0 atom stereocenters. The Hall–Kier alpha value is -5.08. The lowest BCUT2D eigenvalue weighted by atomic mass is 9.95. The quantitative estimate of drug-likeness (QED) is 0.231. The zero-order valence-electron chi connectivity index (χ0n) is 20.6. The Bertz CT molecular complexity index is 2140. The van der Waals surface area contributed by atoms with Crippen LogP contribution in [0.5, 0.6) is 0 Å². The third-order valence-electron chi connectivity index (χ3n) is 7.62. The molecule has 0 saturated heterocycles. The smallest absolute Gasteiger partial charge is 0.159 e. The normalized spacial score (nSPS) is 11.7. The highest BCUT2D eigenvalue weighted by atomic mass is 16.3. The van der Waals surface area contributed by atoms with Crippen molar-refractivity contribution >= 4 is 71.3 Å². The molecule has 0 spiro atoms. The summed E-state index contributed by atoms with van der Waals surface area (Å²) in [6.07, 6.45) is 0. The van der Waals surface area contributed by atoms with Crippen LogP contribution < -0.4 is 4.90 Å². The minimum Gasteiger partial charge on any atom is -0.454 e. The average Bonchev–Trinajstić information content (AvgIpc) is 3.37. The van der Waals surface area contributed by atoms with Crippen molar-refractivity contribution in [2.75, 3.05) is 4.90 Å². The number of para-hydroxylation sites is 3. The van der Waals surface area contributed by atoms with E-state index in [9.17, 15) is 0 Å². The minimum absolute atomic E-state index is 0.890. The number of benzene rings is 7. The van der Waals surface area contributed by atoms with E-state index in [1.807, 2.05) is 12.1 Å². The fourth-order valence-electron chi connectivity index (χ4n) is 5.94. The van der Waals surface area contributed by atoms with E-state index in [1.54, 1.807) is 0 Å². The van der Waals surface area contributed by atoms with Crippen LogP contribution in [0.15, 0.2) is 144 Å². The number of furan rings is 1. The summed E-state index contributed by atoms with van der Waals surface area (Å²) in [6, 6.07) is 49.5. The minimum atomic E-state index is 0.890. The lowest BCUT2D eigenvalue weighted by molar-refractivity contribution is 0.669. The molecule has 0 N–H and O–H groups in total. The predicted octanol–water partition coefficient (Wildman–Crippen LogP) is 10.5. The zero-order chi connectivity index (χ0) is 25.1. The van der Waals surface area contributed by atoms with Gasteiger partial charge in [-0.25, -0.2) is 0 Å². The summed E-state index contributed by atoms with van der Waals surface area (Å²) in [5.74, 6) is 0. The van der Waals surface area contributed by atoms with Crippen molar-refractivity contribution in [2.45, 2.75) is 0 Å². The highest BCUT2D eigenvalue weighted by molar-refractivity contribution is 6.22. The van der Waals surface area contributed by atoms with Crippen molar-refractivity contribution in [3.63, 3.8) is 0 Å². The van der Waals surface area contributed by atoms with Gasteiger partial charge in [0.2, 0.25) is 0 Å². The molecule has 2 heteroatoms. The van der Waals surface area contributed by atoms with Crippen LogP contribution in [0, 0.1) is 0 Å². The summed E-state index contributed by atoms with van der Waals surface area (Å²) in [6.45, 7) is 0. The van der Waals surface area contributed by atoms with Crippen LogP contribution in [0.4, 0.5) is 17.1 Å². The van der Waals surface area contributed by atoms with Gasteiger partial charge in [0, 0.05) is 21.8 Å². The largest absolute Gasteiger partial charge is 0.454 e. The molecule has 0 aliphatic carbocycles. The molecule has 1 aromatic heterocycles. The Morgan fingerprint density at radius 3 is 1.95 bits per heavy atom. The molecular weight excluding hydrogens is 462 g/mol. The Morgan fingerprint density at radius 2 is 1.05 bits per heavy atom. The highest BCUT2D eigenvalue weighted by Gasteiger charge is 2.21. The molecule has 8 aromatic rings. The van der Waals surface area contributed by atoms with Gasteiger partial charge in [-0.05, 0) is 57.3 Å². The fourth-order valence-corrected chi connectivity index (χ4v) is 5.94. The van der Waals surface area contributed by atoms with E-state index in [1.165, 1.54) is 32.3 Å². The second-order valence-corrected chi connectivity index (χ2v) is 9.75. The summed E-state index contributed by atoms with van der Waals surface area (Å²) in [5, 5.41) is 9.77. The second-order valence-electron chi connectivity index (χ2n) is 9.75. The predicted molar refractivity (Wildman–Crippen MR) is 161 cm³/mol. The van der Waals surface area contributed by atoms with Gasteiger partial charge in [-0.1, -0.05) is 109 Å². The molecule has 0 aliphatic heterocycles. The third kappa shape index (κ3) is 3.07. The summed E-state index contributed by atoms with van der Waals surface area (Å²) in [4.78, 5) is 2.34. The monoisotopic (exact) mass is 485 g/mol. The van der Waals surface area contributed by atoms with Crippen LogP contribution in [0.2, 0.25) is 0 Å². The molecule has 0 saturated carbocycles. The molecule has 0 unspecified atom stereocenters. The van der Waals surface area contributed by atoms with Crippen molar-refractivity contribution in [1.82, 2.24) is 0 Å². The van der Waals surface area contributed by atoms with Gasteiger partial charge in [-0.15, -0.1) is 0 Å². The van der Waals surface area contributed by atoms with Crippen LogP contribution in [-0.2, 0) is 0 Å². The van der Waals surface area contributed by atoms with E-state index in [2.05, 4.69) is 132 Å². The number of fused-ring (bicyclic) bond motifs is 8. The zero-order valence-corrected chi connectivity index (χ0v) is 20.6. The summed E-state index contributed by atoms with van der Waals surface area (Å²) in [7, 11) is 0. The Kier molecular flexibility index (Phi) is 4.55. The molecule has 38 heavy (non-hydrogen) atoms. The number of nitrogens with zero attached hydrogens (tertiary/aromatic N) is 1. The van der Waals surface area contributed by atoms with Gasteiger partial charge >= 0.3 is 0 Å². The maximum absolute atomic E-state index is 6.51. The molecule has 0 bridgehead atoms. The van der Waals surface area contributed by atoms with Gasteiger partial charge in [0.25, 0.3) is 0 Å². The first kappa shape index (κ1) is 21.0. The van der Waals surface area contributed by atoms with E-state index in [0.29, 0.717) is 0 Å². The van der Waals surface area contributed by atoms with Crippen molar-refractivity contribution in [3.05, 3.63) is 140 Å². The molecule has 0 aliphatic rings. The second kappa shape index (κ2) is 8.22. The fraction of sp³-hybridized carbons (Fsp3) is 0. The van der Waals surface area contributed by atoms with E-state index in [-0.39, 0.29) is 0 Å². The lowest BCUT2D eigenvalue weighted by Gasteiger charge is -2.27. The molecule has 0 radical (unpaired) electrons. The van der Waals surface area contributed by atoms with Gasteiger partial charge in [-0.2, -0.15) is 0 Å². The molecule has 2 nitrogen and oxygen atoms in total. The van der Waals surface area contributed by atoms with Crippen LogP contribution in [0.3, 0.4) is 0 Å².